The van der Waals surface area contributed by atoms with Gasteiger partial charge in [0.2, 0.25) is 0 Å². The molecule has 0 saturated carbocycles. The lowest BCUT2D eigenvalue weighted by Crippen LogP contribution is -2.42. The molecule has 0 rings (SSSR count). The van der Waals surface area contributed by atoms with Crippen LogP contribution in [0.15, 0.2) is 0 Å². The number of hydrogen-bond acceptors (Lipinski definition) is 5. The van der Waals surface area contributed by atoms with Gasteiger partial charge in [0.25, 0.3) is 0 Å². The number of ether oxygens (including phenoxy) is 1. The molecule has 0 aromatic rings. The van der Waals surface area contributed by atoms with Crippen LogP contribution < -0.4 is 0 Å². The highest BCUT2D eigenvalue weighted by molar-refractivity contribution is 5.93. The van der Waals surface area contributed by atoms with Crippen molar-refractivity contribution in [3.63, 3.8) is 0 Å². The van der Waals surface area contributed by atoms with Gasteiger partial charge in [-0.3, -0.25) is 4.79 Å². The Morgan fingerprint density at radius 3 is 2.15 bits per heavy atom. The second kappa shape index (κ2) is 3.71. The molecule has 0 aliphatic rings. The van der Waals surface area contributed by atoms with E-state index < -0.39 is 30.8 Å². The van der Waals surface area contributed by atoms with E-state index in [1.165, 1.54) is 0 Å². The van der Waals surface area contributed by atoms with Crippen molar-refractivity contribution in [1.29, 1.82) is 0 Å². The van der Waals surface area contributed by atoms with Gasteiger partial charge in [0, 0.05) is 0 Å². The van der Waals surface area contributed by atoms with Gasteiger partial charge in [-0.25, -0.2) is 4.79 Å². The first-order valence-corrected chi connectivity index (χ1v) is 2.84. The molecule has 0 spiro atoms. The van der Waals surface area contributed by atoms with E-state index in [1.54, 1.807) is 0 Å². The lowest BCUT2D eigenvalue weighted by Gasteiger charge is -2.13. The van der Waals surface area contributed by atoms with Crippen LogP contribution in [0.25, 0.3) is 0 Å². The molecule has 76 valence electrons. The fourth-order valence-electron chi connectivity index (χ4n) is 0.302. The Morgan fingerprint density at radius 2 is 1.85 bits per heavy atom. The molecule has 0 bridgehead atoms. The highest BCUT2D eigenvalue weighted by Gasteiger charge is 2.38. The average Bonchev–Trinajstić information content (AvgIpc) is 1.98. The maximum atomic E-state index is 11.4. The molecule has 0 atom stereocenters. The van der Waals surface area contributed by atoms with Crippen molar-refractivity contribution in [2.45, 2.75) is 12.0 Å². The molecule has 5 nitrogen and oxygen atoms in total. The molecule has 0 radical (unpaired) electrons. The first-order chi connectivity index (χ1) is 5.69. The average molecular weight is 202 g/mol. The predicted octanol–water partition coefficient (Wildman–Crippen LogP) is -1.03. The smallest absolute Gasteiger partial charge is 0.422 e. The quantitative estimate of drug-likeness (QED) is 0.264. The number of aliphatic hydroxyl groups is 2. The fourth-order valence-corrected chi connectivity index (χ4v) is 0.302. The summed E-state index contributed by atoms with van der Waals surface area (Å²) in [4.78, 5) is 20.0. The molecular weight excluding hydrogens is 197 g/mol. The summed E-state index contributed by atoms with van der Waals surface area (Å²) in [5.74, 6) is -5.59. The van der Waals surface area contributed by atoms with Crippen molar-refractivity contribution in [3.8, 4) is 0 Å². The molecule has 0 fully saturated rings. The van der Waals surface area contributed by atoms with Crippen LogP contribution in [-0.4, -0.2) is 41.0 Å². The molecule has 0 aliphatic heterocycles. The van der Waals surface area contributed by atoms with Crippen LogP contribution in [0.2, 0.25) is 0 Å². The lowest BCUT2D eigenvalue weighted by molar-refractivity contribution is -0.220. The second-order valence-electron chi connectivity index (χ2n) is 2.04. The van der Waals surface area contributed by atoms with Gasteiger partial charge in [0.05, 0.1) is 0 Å². The van der Waals surface area contributed by atoms with Gasteiger partial charge in [0.1, 0.15) is 0 Å². The van der Waals surface area contributed by atoms with E-state index in [0.29, 0.717) is 0 Å². The summed E-state index contributed by atoms with van der Waals surface area (Å²) in [5.41, 5.74) is 0. The molecule has 0 unspecified atom stereocenters. The molecule has 0 aromatic carbocycles. The molecule has 2 N–H and O–H groups in total. The Kier molecular flexibility index (Phi) is 3.38. The summed E-state index contributed by atoms with van der Waals surface area (Å²) in [6.07, 6.45) is -5.43. The molecule has 0 aliphatic carbocycles. The Labute approximate surface area is 69.7 Å². The van der Waals surface area contributed by atoms with E-state index in [4.69, 9.17) is 10.2 Å². The van der Waals surface area contributed by atoms with Crippen molar-refractivity contribution in [3.05, 3.63) is 0 Å². The minimum atomic E-state index is -4.78. The summed E-state index contributed by atoms with van der Waals surface area (Å²) in [6, 6.07) is 0. The number of carbonyl (C=O) groups excluding carboxylic acids is 2. The summed E-state index contributed by atoms with van der Waals surface area (Å²) in [6.45, 7) is -1.98. The largest absolute Gasteiger partial charge is 0.452 e. The molecule has 0 saturated heterocycles. The summed E-state index contributed by atoms with van der Waals surface area (Å²) >= 11 is 0. The molecule has 0 amide bonds. The van der Waals surface area contributed by atoms with Crippen molar-refractivity contribution in [2.24, 2.45) is 0 Å². The molecule has 8 heteroatoms. The highest BCUT2D eigenvalue weighted by atomic mass is 19.4. The summed E-state index contributed by atoms with van der Waals surface area (Å²) in [7, 11) is 0. The monoisotopic (exact) mass is 202 g/mol. The van der Waals surface area contributed by atoms with Gasteiger partial charge in [-0.2, -0.15) is 13.2 Å². The van der Waals surface area contributed by atoms with Gasteiger partial charge >= 0.3 is 17.9 Å². The van der Waals surface area contributed by atoms with Gasteiger partial charge in [-0.15, -0.1) is 0 Å². The Balaban J connectivity index is 4.10. The highest BCUT2D eigenvalue weighted by Crippen LogP contribution is 2.15. The van der Waals surface area contributed by atoms with E-state index in [9.17, 15) is 22.8 Å². The Morgan fingerprint density at radius 1 is 1.38 bits per heavy atom. The number of hydrogen-bond donors (Lipinski definition) is 2. The van der Waals surface area contributed by atoms with Crippen LogP contribution in [0.4, 0.5) is 13.2 Å². The molecule has 13 heavy (non-hydrogen) atoms. The Hall–Kier alpha value is -1.15. The topological polar surface area (TPSA) is 83.8 Å². The first-order valence-electron chi connectivity index (χ1n) is 2.84. The molecule has 0 heterocycles. The number of carbonyl (C=O) groups is 2. The number of aldehydes is 1. The van der Waals surface area contributed by atoms with Crippen molar-refractivity contribution < 1.29 is 37.7 Å². The van der Waals surface area contributed by atoms with Crippen LogP contribution in [0.1, 0.15) is 0 Å². The number of esters is 1. The van der Waals surface area contributed by atoms with Crippen LogP contribution in [0.3, 0.4) is 0 Å². The Bertz CT molecular complexity index is 209. The van der Waals surface area contributed by atoms with Crippen LogP contribution >= 0.6 is 0 Å². The van der Waals surface area contributed by atoms with Gasteiger partial charge in [-0.05, 0) is 0 Å². The van der Waals surface area contributed by atoms with E-state index in [1.807, 2.05) is 0 Å². The third-order valence-electron chi connectivity index (χ3n) is 0.832. The third-order valence-corrected chi connectivity index (χ3v) is 0.832. The van der Waals surface area contributed by atoms with Gasteiger partial charge in [0.15, 0.2) is 12.9 Å². The van der Waals surface area contributed by atoms with Crippen LogP contribution in [0.5, 0.6) is 0 Å². The second-order valence-corrected chi connectivity index (χ2v) is 2.04. The summed E-state index contributed by atoms with van der Waals surface area (Å²) in [5, 5.41) is 16.7. The third kappa shape index (κ3) is 4.43. The predicted molar refractivity (Wildman–Crippen MR) is 30.2 cm³/mol. The van der Waals surface area contributed by atoms with Crippen molar-refractivity contribution >= 4 is 12.3 Å². The number of halogens is 3. The first kappa shape index (κ1) is 11.8. The molecule has 0 aromatic heterocycles. The maximum Gasteiger partial charge on any atom is 0.422 e. The standard InChI is InChI=1S/C5H5F3O5/c6-5(7,8)2-13-3(10)4(11,12)1-9/h1,11-12H,2H2. The zero-order chi connectivity index (χ0) is 10.7. The fraction of sp³-hybridized carbons (Fsp3) is 0.600. The van der Waals surface area contributed by atoms with Gasteiger partial charge < -0.3 is 14.9 Å². The number of rotatable bonds is 3. The number of alkyl halides is 3. The van der Waals surface area contributed by atoms with E-state index in [2.05, 4.69) is 4.74 Å². The van der Waals surface area contributed by atoms with E-state index in [0.717, 1.165) is 0 Å². The van der Waals surface area contributed by atoms with E-state index >= 15 is 0 Å². The van der Waals surface area contributed by atoms with Crippen LogP contribution in [0, 0.1) is 0 Å². The molecular formula is C5H5F3O5. The van der Waals surface area contributed by atoms with Crippen LogP contribution in [-0.2, 0) is 14.3 Å². The van der Waals surface area contributed by atoms with Gasteiger partial charge in [-0.1, -0.05) is 0 Å². The zero-order valence-corrected chi connectivity index (χ0v) is 6.04. The lowest BCUT2D eigenvalue weighted by atomic mass is 10.3. The van der Waals surface area contributed by atoms with E-state index in [-0.39, 0.29) is 0 Å². The van der Waals surface area contributed by atoms with Crippen molar-refractivity contribution in [1.82, 2.24) is 0 Å². The minimum absolute atomic E-state index is 0.647. The normalized spacial score (nSPS) is 12.4. The minimum Gasteiger partial charge on any atom is -0.452 e. The maximum absolute atomic E-state index is 11.4. The SMILES string of the molecule is O=CC(O)(O)C(=O)OCC(F)(F)F. The zero-order valence-electron chi connectivity index (χ0n) is 6.04. The van der Waals surface area contributed by atoms with Crippen molar-refractivity contribution in [2.75, 3.05) is 6.61 Å². The summed E-state index contributed by atoms with van der Waals surface area (Å²) < 4.78 is 37.5.